The average Bonchev–Trinajstić information content (AvgIpc) is 2.47. The Labute approximate surface area is 119 Å². The van der Waals surface area contributed by atoms with Gasteiger partial charge < -0.3 is 10.6 Å². The monoisotopic (exact) mass is 279 g/mol. The van der Waals surface area contributed by atoms with Gasteiger partial charge in [0.2, 0.25) is 5.91 Å². The molecule has 5 heteroatoms. The minimum Gasteiger partial charge on any atom is -0.328 e. The van der Waals surface area contributed by atoms with Gasteiger partial charge in [0.1, 0.15) is 0 Å². The number of carbonyl (C=O) groups excluding carboxylic acids is 1. The van der Waals surface area contributed by atoms with Crippen LogP contribution in [-0.4, -0.2) is 23.6 Å². The van der Waals surface area contributed by atoms with Crippen LogP contribution in [0.2, 0.25) is 0 Å². The summed E-state index contributed by atoms with van der Waals surface area (Å²) in [7, 11) is 0. The van der Waals surface area contributed by atoms with Crippen LogP contribution < -0.4 is 10.6 Å². The lowest BCUT2D eigenvalue weighted by Gasteiger charge is -2.23. The van der Waals surface area contributed by atoms with E-state index in [0.717, 1.165) is 49.9 Å². The van der Waals surface area contributed by atoms with Gasteiger partial charge in [0.25, 0.3) is 0 Å². The van der Waals surface area contributed by atoms with Crippen molar-refractivity contribution in [3.63, 3.8) is 0 Å². The molecular weight excluding hydrogens is 258 g/mol. The number of thioether (sulfide) groups is 1. The van der Waals surface area contributed by atoms with Gasteiger partial charge in [0.05, 0.1) is 17.2 Å². The zero-order valence-electron chi connectivity index (χ0n) is 11.2. The Morgan fingerprint density at radius 3 is 2.95 bits per heavy atom. The molecule has 1 aliphatic heterocycles. The second-order valence-electron chi connectivity index (χ2n) is 5.07. The lowest BCUT2D eigenvalue weighted by atomic mass is 9.97. The highest BCUT2D eigenvalue weighted by atomic mass is 32.2. The highest BCUT2D eigenvalue weighted by Crippen LogP contribution is 2.23. The van der Waals surface area contributed by atoms with E-state index in [4.69, 9.17) is 5.26 Å². The molecule has 104 valence electrons. The fourth-order valence-electron chi connectivity index (χ4n) is 2.51. The molecule has 2 N–H and O–H groups in total. The molecule has 1 heterocycles. The number of rotatable bonds is 4. The summed E-state index contributed by atoms with van der Waals surface area (Å²) in [4.78, 5) is 11.9. The van der Waals surface area contributed by atoms with Crippen LogP contribution in [0.5, 0.6) is 0 Å². The second-order valence-corrected chi connectivity index (χ2v) is 6.26. The summed E-state index contributed by atoms with van der Waals surface area (Å²) >= 11 is 1.67. The molecule has 0 radical (unpaired) electrons. The Morgan fingerprint density at radius 2 is 2.21 bits per heavy atom. The highest BCUT2D eigenvalue weighted by molar-refractivity contribution is 8.00. The molecule has 2 rings (SSSR count). The SMILES string of the molecule is N#CC1=C(NC(=O)CSC2CCCCN2)CCCC1. The van der Waals surface area contributed by atoms with Gasteiger partial charge in [-0.25, -0.2) is 0 Å². The number of carbonyl (C=O) groups is 1. The minimum atomic E-state index is 0.0297. The molecule has 1 aliphatic carbocycles. The molecule has 1 saturated heterocycles. The second kappa shape index (κ2) is 7.56. The number of amides is 1. The van der Waals surface area contributed by atoms with E-state index in [9.17, 15) is 4.79 Å². The summed E-state index contributed by atoms with van der Waals surface area (Å²) in [6.07, 6.45) is 7.40. The van der Waals surface area contributed by atoms with Crippen molar-refractivity contribution in [2.75, 3.05) is 12.3 Å². The van der Waals surface area contributed by atoms with Gasteiger partial charge >= 0.3 is 0 Å². The molecule has 0 spiro atoms. The number of hydrogen-bond donors (Lipinski definition) is 2. The third kappa shape index (κ3) is 4.55. The smallest absolute Gasteiger partial charge is 0.234 e. The van der Waals surface area contributed by atoms with Crippen molar-refractivity contribution in [3.05, 3.63) is 11.3 Å². The number of piperidine rings is 1. The van der Waals surface area contributed by atoms with Crippen molar-refractivity contribution < 1.29 is 4.79 Å². The Balaban J connectivity index is 1.77. The van der Waals surface area contributed by atoms with Crippen LogP contribution in [0, 0.1) is 11.3 Å². The van der Waals surface area contributed by atoms with E-state index in [1.165, 1.54) is 12.8 Å². The molecule has 1 amide bonds. The fraction of sp³-hybridized carbons (Fsp3) is 0.714. The molecule has 1 fully saturated rings. The highest BCUT2D eigenvalue weighted by Gasteiger charge is 2.17. The predicted molar refractivity (Wildman–Crippen MR) is 77.3 cm³/mol. The van der Waals surface area contributed by atoms with Crippen LogP contribution in [0.3, 0.4) is 0 Å². The maximum atomic E-state index is 11.9. The van der Waals surface area contributed by atoms with Crippen molar-refractivity contribution >= 4 is 17.7 Å². The van der Waals surface area contributed by atoms with Crippen molar-refractivity contribution in [2.45, 2.75) is 50.3 Å². The Kier molecular flexibility index (Phi) is 5.74. The molecule has 0 bridgehead atoms. The molecule has 0 aromatic carbocycles. The summed E-state index contributed by atoms with van der Waals surface area (Å²) in [5.74, 6) is 0.502. The summed E-state index contributed by atoms with van der Waals surface area (Å²) in [6, 6.07) is 2.21. The maximum absolute atomic E-state index is 11.9. The van der Waals surface area contributed by atoms with Crippen LogP contribution in [-0.2, 0) is 4.79 Å². The van der Waals surface area contributed by atoms with Crippen LogP contribution >= 0.6 is 11.8 Å². The fourth-order valence-corrected chi connectivity index (χ4v) is 3.50. The largest absolute Gasteiger partial charge is 0.328 e. The van der Waals surface area contributed by atoms with E-state index in [1.54, 1.807) is 11.8 Å². The molecule has 0 saturated carbocycles. The first-order valence-corrected chi connectivity index (χ1v) is 8.11. The van der Waals surface area contributed by atoms with Gasteiger partial charge in [-0.2, -0.15) is 5.26 Å². The normalized spacial score (nSPS) is 23.8. The van der Waals surface area contributed by atoms with Gasteiger partial charge in [-0.1, -0.05) is 0 Å². The summed E-state index contributed by atoms with van der Waals surface area (Å²) < 4.78 is 0. The first-order chi connectivity index (χ1) is 9.29. The van der Waals surface area contributed by atoms with Crippen LogP contribution in [0.4, 0.5) is 0 Å². The summed E-state index contributed by atoms with van der Waals surface area (Å²) in [6.45, 7) is 1.06. The van der Waals surface area contributed by atoms with Crippen molar-refractivity contribution in [1.82, 2.24) is 10.6 Å². The van der Waals surface area contributed by atoms with Crippen molar-refractivity contribution in [1.29, 1.82) is 5.26 Å². The number of hydrogen-bond acceptors (Lipinski definition) is 4. The van der Waals surface area contributed by atoms with Crippen LogP contribution in [0.1, 0.15) is 44.9 Å². The number of allylic oxidation sites excluding steroid dienone is 2. The van der Waals surface area contributed by atoms with Gasteiger partial charge in [0.15, 0.2) is 0 Å². The van der Waals surface area contributed by atoms with Crippen LogP contribution in [0.25, 0.3) is 0 Å². The van der Waals surface area contributed by atoms with E-state index in [2.05, 4.69) is 16.7 Å². The van der Waals surface area contributed by atoms with Gasteiger partial charge in [-0.05, 0) is 51.5 Å². The molecular formula is C14H21N3OS. The molecule has 2 aliphatic rings. The number of nitrogens with zero attached hydrogens (tertiary/aromatic N) is 1. The first-order valence-electron chi connectivity index (χ1n) is 7.06. The Hall–Kier alpha value is -0.990. The van der Waals surface area contributed by atoms with Crippen LogP contribution in [0.15, 0.2) is 11.3 Å². The van der Waals surface area contributed by atoms with Gasteiger partial charge in [-0.3, -0.25) is 4.79 Å². The minimum absolute atomic E-state index is 0.0297. The summed E-state index contributed by atoms with van der Waals surface area (Å²) in [5.41, 5.74) is 1.62. The third-order valence-electron chi connectivity index (χ3n) is 3.57. The van der Waals surface area contributed by atoms with Crippen molar-refractivity contribution in [3.8, 4) is 6.07 Å². The van der Waals surface area contributed by atoms with Gasteiger partial charge in [-0.15, -0.1) is 11.8 Å². The average molecular weight is 279 g/mol. The molecule has 19 heavy (non-hydrogen) atoms. The van der Waals surface area contributed by atoms with Crippen molar-refractivity contribution in [2.24, 2.45) is 0 Å². The third-order valence-corrected chi connectivity index (χ3v) is 4.81. The Bertz CT molecular complexity index is 394. The van der Waals surface area contributed by atoms with Gasteiger partial charge in [0, 0.05) is 11.3 Å². The summed E-state index contributed by atoms with van der Waals surface area (Å²) in [5, 5.41) is 15.8. The molecule has 0 aromatic rings. The van der Waals surface area contributed by atoms with E-state index >= 15 is 0 Å². The zero-order valence-corrected chi connectivity index (χ0v) is 12.0. The van der Waals surface area contributed by atoms with E-state index in [1.807, 2.05) is 0 Å². The molecule has 4 nitrogen and oxygen atoms in total. The van der Waals surface area contributed by atoms with E-state index in [0.29, 0.717) is 11.1 Å². The zero-order chi connectivity index (χ0) is 13.5. The lowest BCUT2D eigenvalue weighted by molar-refractivity contribution is -0.117. The molecule has 0 aromatic heterocycles. The quantitative estimate of drug-likeness (QED) is 0.828. The first kappa shape index (κ1) is 14.4. The molecule has 1 atom stereocenters. The molecule has 1 unspecified atom stereocenters. The number of nitriles is 1. The van der Waals surface area contributed by atoms with E-state index in [-0.39, 0.29) is 5.91 Å². The van der Waals surface area contributed by atoms with E-state index < -0.39 is 0 Å². The number of nitrogens with one attached hydrogen (secondary N) is 2. The Morgan fingerprint density at radius 1 is 1.37 bits per heavy atom. The predicted octanol–water partition coefficient (Wildman–Crippen LogP) is 2.29. The maximum Gasteiger partial charge on any atom is 0.234 e. The standard InChI is InChI=1S/C14H21N3OS/c15-9-11-5-1-2-6-12(11)17-13(18)10-19-14-7-3-4-8-16-14/h14,16H,1-8,10H2,(H,17,18). The topological polar surface area (TPSA) is 64.9 Å². The lowest BCUT2D eigenvalue weighted by Crippen LogP contribution is -2.34.